The van der Waals surface area contributed by atoms with Crippen molar-refractivity contribution >= 4 is 11.6 Å². The summed E-state index contributed by atoms with van der Waals surface area (Å²) in [5, 5.41) is 0. The van der Waals surface area contributed by atoms with Gasteiger partial charge in [-0.05, 0) is 5.56 Å². The Morgan fingerprint density at radius 3 is 2.45 bits per heavy atom. The van der Waals surface area contributed by atoms with Gasteiger partial charge in [-0.2, -0.15) is 0 Å². The van der Waals surface area contributed by atoms with E-state index in [0.29, 0.717) is 5.82 Å². The zero-order valence-electron chi connectivity index (χ0n) is 11.4. The molecule has 5 heteroatoms. The molecule has 2 N–H and O–H groups in total. The molecule has 1 saturated heterocycles. The van der Waals surface area contributed by atoms with E-state index in [1.807, 2.05) is 0 Å². The van der Waals surface area contributed by atoms with Crippen molar-refractivity contribution in [1.82, 2.24) is 14.9 Å². The number of rotatable bonds is 3. The number of nitrogen functional groups attached to an aromatic ring is 1. The second-order valence-electron chi connectivity index (χ2n) is 5.05. The van der Waals surface area contributed by atoms with E-state index in [1.165, 1.54) is 5.56 Å². The quantitative estimate of drug-likeness (QED) is 0.912. The predicted octanol–water partition coefficient (Wildman–Crippen LogP) is 1.38. The van der Waals surface area contributed by atoms with Crippen LogP contribution in [0.15, 0.2) is 42.7 Å². The Morgan fingerprint density at radius 2 is 1.75 bits per heavy atom. The molecule has 0 amide bonds. The monoisotopic (exact) mass is 269 g/mol. The lowest BCUT2D eigenvalue weighted by atomic mass is 10.2. The van der Waals surface area contributed by atoms with Gasteiger partial charge in [-0.15, -0.1) is 0 Å². The van der Waals surface area contributed by atoms with Crippen LogP contribution in [0.1, 0.15) is 5.56 Å². The zero-order valence-corrected chi connectivity index (χ0v) is 11.4. The predicted molar refractivity (Wildman–Crippen MR) is 80.4 cm³/mol. The van der Waals surface area contributed by atoms with Crippen LogP contribution in [0.2, 0.25) is 0 Å². The number of hydrogen-bond donors (Lipinski definition) is 1. The third-order valence-corrected chi connectivity index (χ3v) is 3.59. The third-order valence-electron chi connectivity index (χ3n) is 3.59. The van der Waals surface area contributed by atoms with Crippen LogP contribution in [-0.4, -0.2) is 41.0 Å². The highest BCUT2D eigenvalue weighted by atomic mass is 15.3. The van der Waals surface area contributed by atoms with E-state index in [0.717, 1.165) is 38.5 Å². The molecular weight excluding hydrogens is 250 g/mol. The summed E-state index contributed by atoms with van der Waals surface area (Å²) in [6.07, 6.45) is 3.36. The fraction of sp³-hybridized carbons (Fsp3) is 0.333. The fourth-order valence-electron chi connectivity index (χ4n) is 2.50. The van der Waals surface area contributed by atoms with Gasteiger partial charge in [-0.25, -0.2) is 4.98 Å². The lowest BCUT2D eigenvalue weighted by Gasteiger charge is -2.35. The lowest BCUT2D eigenvalue weighted by Crippen LogP contribution is -2.46. The first kappa shape index (κ1) is 12.9. The van der Waals surface area contributed by atoms with Gasteiger partial charge in [-0.1, -0.05) is 30.3 Å². The minimum atomic E-state index is 0.481. The van der Waals surface area contributed by atoms with Crippen molar-refractivity contribution in [2.75, 3.05) is 36.8 Å². The number of aromatic nitrogens is 2. The minimum absolute atomic E-state index is 0.481. The average Bonchev–Trinajstić information content (AvgIpc) is 2.49. The Kier molecular flexibility index (Phi) is 3.78. The number of benzene rings is 1. The molecule has 1 aliphatic rings. The Morgan fingerprint density at radius 1 is 1.00 bits per heavy atom. The van der Waals surface area contributed by atoms with E-state index in [2.05, 4.69) is 50.1 Å². The highest BCUT2D eigenvalue weighted by Crippen LogP contribution is 2.15. The van der Waals surface area contributed by atoms with Crippen LogP contribution in [0, 0.1) is 0 Å². The van der Waals surface area contributed by atoms with Crippen molar-refractivity contribution in [3.8, 4) is 0 Å². The Balaban J connectivity index is 1.57. The summed E-state index contributed by atoms with van der Waals surface area (Å²) >= 11 is 0. The summed E-state index contributed by atoms with van der Waals surface area (Å²) < 4.78 is 0. The number of piperazine rings is 1. The van der Waals surface area contributed by atoms with Gasteiger partial charge in [0.05, 0.1) is 12.4 Å². The molecule has 1 aromatic heterocycles. The van der Waals surface area contributed by atoms with Gasteiger partial charge in [0.25, 0.3) is 0 Å². The van der Waals surface area contributed by atoms with Gasteiger partial charge in [0, 0.05) is 32.7 Å². The van der Waals surface area contributed by atoms with Crippen LogP contribution in [-0.2, 0) is 6.54 Å². The van der Waals surface area contributed by atoms with Crippen LogP contribution in [0.5, 0.6) is 0 Å². The summed E-state index contributed by atoms with van der Waals surface area (Å²) in [4.78, 5) is 13.1. The fourth-order valence-corrected chi connectivity index (χ4v) is 2.50. The summed E-state index contributed by atoms with van der Waals surface area (Å²) in [5.74, 6) is 1.36. The second-order valence-corrected chi connectivity index (χ2v) is 5.05. The Labute approximate surface area is 119 Å². The van der Waals surface area contributed by atoms with Crippen LogP contribution in [0.25, 0.3) is 0 Å². The molecule has 104 valence electrons. The van der Waals surface area contributed by atoms with Crippen LogP contribution in [0.4, 0.5) is 11.6 Å². The van der Waals surface area contributed by atoms with E-state index in [1.54, 1.807) is 12.4 Å². The first-order valence-corrected chi connectivity index (χ1v) is 6.90. The number of hydrogen-bond acceptors (Lipinski definition) is 5. The third kappa shape index (κ3) is 3.05. The van der Waals surface area contributed by atoms with Crippen molar-refractivity contribution in [3.05, 3.63) is 48.3 Å². The van der Waals surface area contributed by atoms with Crippen molar-refractivity contribution in [2.24, 2.45) is 0 Å². The van der Waals surface area contributed by atoms with E-state index in [-0.39, 0.29) is 0 Å². The largest absolute Gasteiger partial charge is 0.382 e. The average molecular weight is 269 g/mol. The van der Waals surface area contributed by atoms with E-state index in [4.69, 9.17) is 5.73 Å². The van der Waals surface area contributed by atoms with Crippen molar-refractivity contribution < 1.29 is 0 Å². The van der Waals surface area contributed by atoms with Gasteiger partial charge in [0.15, 0.2) is 0 Å². The first-order valence-electron chi connectivity index (χ1n) is 6.90. The van der Waals surface area contributed by atoms with Gasteiger partial charge < -0.3 is 10.6 Å². The zero-order chi connectivity index (χ0) is 13.8. The molecule has 1 fully saturated rings. The van der Waals surface area contributed by atoms with Crippen LogP contribution in [0.3, 0.4) is 0 Å². The van der Waals surface area contributed by atoms with Gasteiger partial charge >= 0.3 is 0 Å². The molecule has 0 atom stereocenters. The maximum Gasteiger partial charge on any atom is 0.149 e. The molecule has 1 aromatic carbocycles. The van der Waals surface area contributed by atoms with Crippen molar-refractivity contribution in [2.45, 2.75) is 6.54 Å². The molecule has 0 bridgehead atoms. The second kappa shape index (κ2) is 5.88. The number of nitrogens with two attached hydrogens (primary N) is 1. The maximum atomic E-state index is 5.68. The molecule has 0 saturated carbocycles. The van der Waals surface area contributed by atoms with Gasteiger partial charge in [-0.3, -0.25) is 9.88 Å². The lowest BCUT2D eigenvalue weighted by molar-refractivity contribution is 0.249. The molecule has 0 unspecified atom stereocenters. The molecule has 0 radical (unpaired) electrons. The van der Waals surface area contributed by atoms with Crippen LogP contribution < -0.4 is 10.6 Å². The Hall–Kier alpha value is -2.14. The molecule has 3 rings (SSSR count). The SMILES string of the molecule is Nc1cncc(N2CCN(Cc3ccccc3)CC2)n1. The molecule has 20 heavy (non-hydrogen) atoms. The first-order chi connectivity index (χ1) is 9.81. The molecular formula is C15H19N5. The van der Waals surface area contributed by atoms with Crippen LogP contribution >= 0.6 is 0 Å². The standard InChI is InChI=1S/C15H19N5/c16-14-10-17-11-15(18-14)20-8-6-19(7-9-20)12-13-4-2-1-3-5-13/h1-5,10-11H,6-9,12H2,(H2,16,18). The summed E-state index contributed by atoms with van der Waals surface area (Å²) in [5.41, 5.74) is 7.05. The maximum absolute atomic E-state index is 5.68. The summed E-state index contributed by atoms with van der Waals surface area (Å²) in [6.45, 7) is 5.00. The smallest absolute Gasteiger partial charge is 0.149 e. The summed E-state index contributed by atoms with van der Waals surface area (Å²) in [6, 6.07) is 10.6. The van der Waals surface area contributed by atoms with Crippen molar-refractivity contribution in [1.29, 1.82) is 0 Å². The van der Waals surface area contributed by atoms with E-state index >= 15 is 0 Å². The molecule has 0 spiro atoms. The molecule has 5 nitrogen and oxygen atoms in total. The number of nitrogens with zero attached hydrogens (tertiary/aromatic N) is 4. The van der Waals surface area contributed by atoms with Gasteiger partial charge in [0.1, 0.15) is 11.6 Å². The Bertz CT molecular complexity index is 549. The summed E-state index contributed by atoms with van der Waals surface area (Å²) in [7, 11) is 0. The highest BCUT2D eigenvalue weighted by Gasteiger charge is 2.18. The van der Waals surface area contributed by atoms with Gasteiger partial charge in [0.2, 0.25) is 0 Å². The minimum Gasteiger partial charge on any atom is -0.382 e. The topological polar surface area (TPSA) is 58.3 Å². The molecule has 0 aliphatic carbocycles. The molecule has 2 heterocycles. The normalized spacial score (nSPS) is 16.3. The highest BCUT2D eigenvalue weighted by molar-refractivity contribution is 5.41. The van der Waals surface area contributed by atoms with Crippen molar-refractivity contribution in [3.63, 3.8) is 0 Å². The molecule has 2 aromatic rings. The number of anilines is 2. The van der Waals surface area contributed by atoms with E-state index in [9.17, 15) is 0 Å². The molecule has 1 aliphatic heterocycles. The van der Waals surface area contributed by atoms with E-state index < -0.39 is 0 Å².